The summed E-state index contributed by atoms with van der Waals surface area (Å²) in [6.07, 6.45) is -1.54. The van der Waals surface area contributed by atoms with E-state index in [1.54, 1.807) is 25.1 Å². The van der Waals surface area contributed by atoms with Crippen LogP contribution in [0, 0.1) is 5.92 Å². The average Bonchev–Trinajstić information content (AvgIpc) is 2.85. The van der Waals surface area contributed by atoms with Crippen molar-refractivity contribution in [2.75, 3.05) is 13.2 Å². The van der Waals surface area contributed by atoms with Crippen LogP contribution in [0.25, 0.3) is 22.1 Å². The molecule has 0 aliphatic rings. The molecule has 0 fully saturated rings. The molecule has 3 rings (SSSR count). The summed E-state index contributed by atoms with van der Waals surface area (Å²) < 4.78 is 60.0. The van der Waals surface area contributed by atoms with E-state index in [0.29, 0.717) is 28.7 Å². The highest BCUT2D eigenvalue weighted by atomic mass is 19.4. The van der Waals surface area contributed by atoms with Crippen molar-refractivity contribution in [2.24, 2.45) is 5.92 Å². The number of aryl methyl sites for hydroxylation is 1. The Kier molecular flexibility index (Phi) is 9.61. The number of fused-ring (bicyclic) bond motifs is 1. The van der Waals surface area contributed by atoms with Crippen LogP contribution in [0.4, 0.5) is 13.2 Å². The number of rotatable bonds is 12. The van der Waals surface area contributed by atoms with Crippen molar-refractivity contribution in [2.45, 2.75) is 52.8 Å². The van der Waals surface area contributed by atoms with Crippen molar-refractivity contribution in [3.05, 3.63) is 70.6 Å². The highest BCUT2D eigenvalue weighted by molar-refractivity contribution is 5.87. The monoisotopic (exact) mass is 532 g/mol. The van der Waals surface area contributed by atoms with Crippen LogP contribution in [0.2, 0.25) is 0 Å². The number of ether oxygens (including phenoxy) is 3. The zero-order valence-electron chi connectivity index (χ0n) is 21.7. The van der Waals surface area contributed by atoms with Gasteiger partial charge in [0, 0.05) is 28.5 Å². The second-order valence-electron chi connectivity index (χ2n) is 9.28. The average molecular weight is 533 g/mol. The van der Waals surface area contributed by atoms with Crippen LogP contribution < -0.4 is 15.1 Å². The number of benzene rings is 2. The van der Waals surface area contributed by atoms with Crippen molar-refractivity contribution in [3.63, 3.8) is 0 Å². The zero-order valence-corrected chi connectivity index (χ0v) is 21.7. The minimum absolute atomic E-state index is 0.00400. The SMILES string of the molecule is C=C(C)C(=O)OCC(C)COc1ccc2cc(-c3ccc(CCCCC)cc3OC(F)(F)F)c(=O)oc2c1. The van der Waals surface area contributed by atoms with Crippen LogP contribution in [-0.4, -0.2) is 25.5 Å². The topological polar surface area (TPSA) is 75.0 Å². The third-order valence-electron chi connectivity index (χ3n) is 5.72. The Morgan fingerprint density at radius 2 is 1.82 bits per heavy atom. The molecule has 1 unspecified atom stereocenters. The third kappa shape index (κ3) is 8.13. The number of hydrogen-bond acceptors (Lipinski definition) is 6. The molecule has 1 atom stereocenters. The van der Waals surface area contributed by atoms with E-state index in [2.05, 4.69) is 11.3 Å². The second-order valence-corrected chi connectivity index (χ2v) is 9.28. The van der Waals surface area contributed by atoms with Gasteiger partial charge in [0.25, 0.3) is 0 Å². The molecule has 0 bridgehead atoms. The molecule has 6 nitrogen and oxygen atoms in total. The molecular formula is C29H31F3O6. The molecule has 0 saturated carbocycles. The third-order valence-corrected chi connectivity index (χ3v) is 5.72. The first-order valence-electron chi connectivity index (χ1n) is 12.4. The first-order valence-corrected chi connectivity index (χ1v) is 12.4. The van der Waals surface area contributed by atoms with Gasteiger partial charge in [-0.1, -0.05) is 45.4 Å². The largest absolute Gasteiger partial charge is 0.573 e. The van der Waals surface area contributed by atoms with Gasteiger partial charge in [-0.2, -0.15) is 0 Å². The molecule has 1 heterocycles. The molecule has 38 heavy (non-hydrogen) atoms. The highest BCUT2D eigenvalue weighted by Crippen LogP contribution is 2.35. The number of hydrogen-bond donors (Lipinski definition) is 0. The van der Waals surface area contributed by atoms with Crippen molar-refractivity contribution in [1.29, 1.82) is 0 Å². The van der Waals surface area contributed by atoms with Crippen molar-refractivity contribution < 1.29 is 36.6 Å². The maximum absolute atomic E-state index is 13.2. The molecule has 2 aromatic carbocycles. The van der Waals surface area contributed by atoms with E-state index in [1.807, 2.05) is 13.8 Å². The van der Waals surface area contributed by atoms with Crippen LogP contribution >= 0.6 is 0 Å². The first-order chi connectivity index (χ1) is 18.0. The van der Waals surface area contributed by atoms with Gasteiger partial charge in [0.2, 0.25) is 0 Å². The van der Waals surface area contributed by atoms with Crippen molar-refractivity contribution in [1.82, 2.24) is 0 Å². The number of carbonyl (C=O) groups is 1. The molecule has 3 aromatic rings. The Hall–Kier alpha value is -3.75. The maximum atomic E-state index is 13.2. The predicted molar refractivity (Wildman–Crippen MR) is 138 cm³/mol. The molecule has 0 N–H and O–H groups in total. The second kappa shape index (κ2) is 12.7. The lowest BCUT2D eigenvalue weighted by molar-refractivity contribution is -0.274. The van der Waals surface area contributed by atoms with Gasteiger partial charge in [-0.25, -0.2) is 9.59 Å². The molecule has 0 aliphatic heterocycles. The van der Waals surface area contributed by atoms with E-state index < -0.39 is 23.7 Å². The fraction of sp³-hybridized carbons (Fsp3) is 0.379. The molecule has 0 amide bonds. The number of unbranched alkanes of at least 4 members (excludes halogenated alkanes) is 2. The summed E-state index contributed by atoms with van der Waals surface area (Å²) in [7, 11) is 0. The van der Waals surface area contributed by atoms with E-state index >= 15 is 0 Å². The van der Waals surface area contributed by atoms with E-state index in [4.69, 9.17) is 13.9 Å². The molecule has 0 radical (unpaired) electrons. The number of esters is 1. The smallest absolute Gasteiger partial charge is 0.493 e. The summed E-state index contributed by atoms with van der Waals surface area (Å²) in [5.41, 5.74) is 0.362. The van der Waals surface area contributed by atoms with Gasteiger partial charge in [0.15, 0.2) is 0 Å². The molecular weight excluding hydrogens is 501 g/mol. The lowest BCUT2D eigenvalue weighted by atomic mass is 10.00. The van der Waals surface area contributed by atoms with Crippen molar-refractivity contribution >= 4 is 16.9 Å². The van der Waals surface area contributed by atoms with Crippen molar-refractivity contribution in [3.8, 4) is 22.6 Å². The molecule has 0 saturated heterocycles. The summed E-state index contributed by atoms with van der Waals surface area (Å²) in [5, 5.41) is 0.500. The Morgan fingerprint density at radius 3 is 2.50 bits per heavy atom. The minimum Gasteiger partial charge on any atom is -0.493 e. The summed E-state index contributed by atoms with van der Waals surface area (Å²) in [4.78, 5) is 24.3. The molecule has 204 valence electrons. The van der Waals surface area contributed by atoms with Gasteiger partial charge in [-0.05, 0) is 49.6 Å². The number of alkyl halides is 3. The van der Waals surface area contributed by atoms with Gasteiger partial charge in [-0.15, -0.1) is 13.2 Å². The quantitative estimate of drug-likeness (QED) is 0.106. The molecule has 0 aliphatic carbocycles. The Balaban J connectivity index is 1.83. The lowest BCUT2D eigenvalue weighted by Gasteiger charge is -2.15. The summed E-state index contributed by atoms with van der Waals surface area (Å²) >= 11 is 0. The van der Waals surface area contributed by atoms with Crippen LogP contribution in [0.1, 0.15) is 45.6 Å². The summed E-state index contributed by atoms with van der Waals surface area (Å²) in [5.74, 6) is -0.612. The Labute approximate surface area is 219 Å². The van der Waals surface area contributed by atoms with Crippen LogP contribution in [0.15, 0.2) is 63.8 Å². The van der Waals surface area contributed by atoms with Crippen LogP contribution in [-0.2, 0) is 16.0 Å². The normalized spacial score (nSPS) is 12.3. The van der Waals surface area contributed by atoms with Gasteiger partial charge in [0.05, 0.1) is 18.8 Å². The van der Waals surface area contributed by atoms with Gasteiger partial charge in [-0.3, -0.25) is 0 Å². The number of halogens is 3. The van der Waals surface area contributed by atoms with Crippen LogP contribution in [0.5, 0.6) is 11.5 Å². The maximum Gasteiger partial charge on any atom is 0.573 e. The van der Waals surface area contributed by atoms with Gasteiger partial charge in [0.1, 0.15) is 17.1 Å². The Bertz CT molecular complexity index is 1340. The molecule has 1 aromatic heterocycles. The standard InChI is InChI=1S/C29H31F3O6/c1-5-6-7-8-20-9-12-23(26(13-20)38-29(30,31)32)24-14-21-10-11-22(15-25(21)37-28(24)34)35-16-19(4)17-36-27(33)18(2)3/h9-15,19H,2,5-8,16-17H2,1,3-4H3. The lowest BCUT2D eigenvalue weighted by Crippen LogP contribution is -2.18. The summed E-state index contributed by atoms with van der Waals surface area (Å²) in [6.45, 7) is 9.36. The van der Waals surface area contributed by atoms with E-state index in [9.17, 15) is 22.8 Å². The fourth-order valence-corrected chi connectivity index (χ4v) is 3.73. The minimum atomic E-state index is -4.92. The predicted octanol–water partition coefficient (Wildman–Crippen LogP) is 7.23. The van der Waals surface area contributed by atoms with E-state index in [0.717, 1.165) is 19.3 Å². The molecule has 9 heteroatoms. The Morgan fingerprint density at radius 1 is 1.05 bits per heavy atom. The fourth-order valence-electron chi connectivity index (χ4n) is 3.73. The van der Waals surface area contributed by atoms with E-state index in [1.165, 1.54) is 24.3 Å². The molecule has 0 spiro atoms. The summed E-state index contributed by atoms with van der Waals surface area (Å²) in [6, 6.07) is 10.8. The van der Waals surface area contributed by atoms with Gasteiger partial charge < -0.3 is 18.6 Å². The van der Waals surface area contributed by atoms with Gasteiger partial charge >= 0.3 is 18.0 Å². The first kappa shape index (κ1) is 28.8. The number of carbonyl (C=O) groups excluding carboxylic acids is 1. The highest BCUT2D eigenvalue weighted by Gasteiger charge is 2.33. The van der Waals surface area contributed by atoms with E-state index in [-0.39, 0.29) is 35.8 Å². The van der Waals surface area contributed by atoms with Crippen LogP contribution in [0.3, 0.4) is 0 Å². The zero-order chi connectivity index (χ0) is 27.9.